The lowest BCUT2D eigenvalue weighted by Crippen LogP contribution is -2.45. The molecule has 1 atom stereocenters. The summed E-state index contributed by atoms with van der Waals surface area (Å²) in [6.45, 7) is 5.68. The Morgan fingerprint density at radius 1 is 1.28 bits per heavy atom. The number of carbonyl (C=O) groups excluding carboxylic acids is 1. The van der Waals surface area contributed by atoms with Gasteiger partial charge in [-0.3, -0.25) is 4.79 Å². The minimum Gasteiger partial charge on any atom is -0.493 e. The summed E-state index contributed by atoms with van der Waals surface area (Å²) in [7, 11) is 0. The number of aryl methyl sites for hydroxylation is 1. The number of likely N-dealkylation sites (tertiary alicyclic amines) is 1. The smallest absolute Gasteiger partial charge is 0.249 e. The Hall–Kier alpha value is -1.59. The van der Waals surface area contributed by atoms with E-state index in [-0.39, 0.29) is 11.8 Å². The Bertz CT molecular complexity index is 566. The predicted molar refractivity (Wildman–Crippen MR) is 97.6 cm³/mol. The molecule has 1 aromatic rings. The molecule has 2 N–H and O–H groups in total. The monoisotopic (exact) mass is 346 g/mol. The molecule has 1 amide bonds. The van der Waals surface area contributed by atoms with Crippen LogP contribution < -0.4 is 10.1 Å². The number of benzene rings is 1. The fourth-order valence-electron chi connectivity index (χ4n) is 3.41. The number of ether oxygens (including phenoxy) is 1. The van der Waals surface area contributed by atoms with E-state index in [1.165, 1.54) is 5.56 Å². The van der Waals surface area contributed by atoms with Crippen LogP contribution in [0.2, 0.25) is 0 Å². The second-order valence-corrected chi connectivity index (χ2v) is 7.37. The molecule has 5 nitrogen and oxygen atoms in total. The van der Waals surface area contributed by atoms with Crippen molar-refractivity contribution in [2.75, 3.05) is 26.2 Å². The number of carbonyl (C=O) groups is 1. The molecular weight excluding hydrogens is 316 g/mol. The van der Waals surface area contributed by atoms with E-state index >= 15 is 0 Å². The van der Waals surface area contributed by atoms with Crippen molar-refractivity contribution >= 4 is 5.91 Å². The van der Waals surface area contributed by atoms with Gasteiger partial charge in [0, 0.05) is 12.6 Å². The van der Waals surface area contributed by atoms with Crippen LogP contribution in [-0.4, -0.2) is 54.3 Å². The number of para-hydroxylation sites is 1. The number of nitrogens with one attached hydrogen (secondary N) is 1. The van der Waals surface area contributed by atoms with Crippen molar-refractivity contribution in [2.24, 2.45) is 5.92 Å². The van der Waals surface area contributed by atoms with Crippen molar-refractivity contribution in [1.82, 2.24) is 10.2 Å². The third-order valence-corrected chi connectivity index (χ3v) is 5.24. The molecule has 5 heteroatoms. The maximum atomic E-state index is 12.0. The van der Waals surface area contributed by atoms with Gasteiger partial charge in [-0.25, -0.2) is 0 Å². The van der Waals surface area contributed by atoms with E-state index in [0.29, 0.717) is 6.04 Å². The van der Waals surface area contributed by atoms with E-state index in [1.54, 1.807) is 0 Å². The van der Waals surface area contributed by atoms with Crippen LogP contribution in [0.5, 0.6) is 5.75 Å². The van der Waals surface area contributed by atoms with Crippen LogP contribution in [0.4, 0.5) is 0 Å². The van der Waals surface area contributed by atoms with Gasteiger partial charge in [0.05, 0.1) is 6.61 Å². The van der Waals surface area contributed by atoms with Crippen molar-refractivity contribution < 1.29 is 14.6 Å². The Labute approximate surface area is 150 Å². The molecule has 2 fully saturated rings. The first kappa shape index (κ1) is 18.2. The van der Waals surface area contributed by atoms with Crippen molar-refractivity contribution in [3.05, 3.63) is 29.8 Å². The molecule has 138 valence electrons. The molecule has 1 heterocycles. The average molecular weight is 346 g/mol. The van der Waals surface area contributed by atoms with E-state index < -0.39 is 6.10 Å². The van der Waals surface area contributed by atoms with Gasteiger partial charge in [-0.05, 0) is 69.7 Å². The number of hydrogen-bond acceptors (Lipinski definition) is 4. The Balaban J connectivity index is 1.31. The summed E-state index contributed by atoms with van der Waals surface area (Å²) < 4.78 is 5.84. The lowest BCUT2D eigenvalue weighted by atomic mass is 9.90. The van der Waals surface area contributed by atoms with Crippen LogP contribution in [0.1, 0.15) is 37.7 Å². The second kappa shape index (κ2) is 8.68. The lowest BCUT2D eigenvalue weighted by Gasteiger charge is -2.33. The second-order valence-electron chi connectivity index (χ2n) is 7.37. The number of nitrogens with zero attached hydrogens (tertiary/aromatic N) is 1. The third kappa shape index (κ3) is 5.44. The normalized spacial score (nSPS) is 20.2. The molecule has 0 unspecified atom stereocenters. The van der Waals surface area contributed by atoms with Gasteiger partial charge in [-0.1, -0.05) is 18.2 Å². The summed E-state index contributed by atoms with van der Waals surface area (Å²) in [6, 6.07) is 8.40. The molecule has 3 rings (SSSR count). The minimum atomic E-state index is -0.841. The van der Waals surface area contributed by atoms with Gasteiger partial charge in [-0.2, -0.15) is 0 Å². The molecule has 0 bridgehead atoms. The molecular formula is C20H30N2O3. The van der Waals surface area contributed by atoms with Crippen LogP contribution in [0, 0.1) is 12.8 Å². The number of hydrogen-bond donors (Lipinski definition) is 2. The molecule has 0 radical (unpaired) electrons. The zero-order chi connectivity index (χ0) is 17.6. The fraction of sp³-hybridized carbons (Fsp3) is 0.650. The summed E-state index contributed by atoms with van der Waals surface area (Å²) in [5.74, 6) is 0.886. The van der Waals surface area contributed by atoms with Gasteiger partial charge < -0.3 is 20.1 Å². The number of amides is 1. The Morgan fingerprint density at radius 2 is 2.00 bits per heavy atom. The topological polar surface area (TPSA) is 61.8 Å². The van der Waals surface area contributed by atoms with Gasteiger partial charge >= 0.3 is 0 Å². The van der Waals surface area contributed by atoms with Gasteiger partial charge in [-0.15, -0.1) is 0 Å². The van der Waals surface area contributed by atoms with E-state index in [0.717, 1.165) is 64.1 Å². The van der Waals surface area contributed by atoms with E-state index in [9.17, 15) is 9.90 Å². The number of rotatable bonds is 8. The zero-order valence-electron chi connectivity index (χ0n) is 15.1. The largest absolute Gasteiger partial charge is 0.493 e. The van der Waals surface area contributed by atoms with Crippen molar-refractivity contribution in [1.29, 1.82) is 0 Å². The lowest BCUT2D eigenvalue weighted by molar-refractivity contribution is -0.133. The maximum absolute atomic E-state index is 12.0. The van der Waals surface area contributed by atoms with Crippen molar-refractivity contribution in [3.63, 3.8) is 0 Å². The fourth-order valence-corrected chi connectivity index (χ4v) is 3.41. The van der Waals surface area contributed by atoms with E-state index in [4.69, 9.17) is 4.74 Å². The molecule has 1 saturated heterocycles. The summed E-state index contributed by atoms with van der Waals surface area (Å²) >= 11 is 0. The molecule has 25 heavy (non-hydrogen) atoms. The highest BCUT2D eigenvalue weighted by Crippen LogP contribution is 2.23. The molecule has 1 aromatic carbocycles. The molecule has 1 aliphatic carbocycles. The number of piperidine rings is 1. The molecule has 0 spiro atoms. The zero-order valence-corrected chi connectivity index (χ0v) is 15.1. The molecule has 0 aromatic heterocycles. The van der Waals surface area contributed by atoms with E-state index in [1.807, 2.05) is 18.2 Å². The quantitative estimate of drug-likeness (QED) is 0.708. The Kier molecular flexibility index (Phi) is 6.32. The van der Waals surface area contributed by atoms with Gasteiger partial charge in [0.1, 0.15) is 11.9 Å². The van der Waals surface area contributed by atoms with Crippen LogP contribution in [-0.2, 0) is 4.79 Å². The summed E-state index contributed by atoms with van der Waals surface area (Å²) in [6.07, 6.45) is 4.04. The average Bonchev–Trinajstić information content (AvgIpc) is 3.44. The van der Waals surface area contributed by atoms with E-state index in [2.05, 4.69) is 23.2 Å². The summed E-state index contributed by atoms with van der Waals surface area (Å²) in [4.78, 5) is 14.4. The Morgan fingerprint density at radius 3 is 2.68 bits per heavy atom. The van der Waals surface area contributed by atoms with Crippen LogP contribution >= 0.6 is 0 Å². The maximum Gasteiger partial charge on any atom is 0.249 e. The molecule has 1 saturated carbocycles. The van der Waals surface area contributed by atoms with Crippen LogP contribution in [0.15, 0.2) is 24.3 Å². The SMILES string of the molecule is Cc1ccccc1OCCCN1CCC([C@@H](O)C(=O)NC2CC2)CC1. The molecule has 1 aliphatic heterocycles. The standard InChI is InChI=1S/C20H30N2O3/c1-15-5-2-3-6-18(15)25-14-4-11-22-12-9-16(10-13-22)19(23)20(24)21-17-7-8-17/h2-3,5-6,16-17,19,23H,4,7-14H2,1H3,(H,21,24)/t19-/m1/s1. The van der Waals surface area contributed by atoms with Crippen molar-refractivity contribution in [2.45, 2.75) is 51.2 Å². The highest BCUT2D eigenvalue weighted by molar-refractivity contribution is 5.81. The number of aliphatic hydroxyl groups excluding tert-OH is 1. The first-order valence-electron chi connectivity index (χ1n) is 9.52. The highest BCUT2D eigenvalue weighted by atomic mass is 16.5. The first-order chi connectivity index (χ1) is 12.1. The van der Waals surface area contributed by atoms with Crippen LogP contribution in [0.25, 0.3) is 0 Å². The molecule has 2 aliphatic rings. The third-order valence-electron chi connectivity index (χ3n) is 5.24. The van der Waals surface area contributed by atoms with Crippen LogP contribution in [0.3, 0.4) is 0 Å². The highest BCUT2D eigenvalue weighted by Gasteiger charge is 2.32. The minimum absolute atomic E-state index is 0.0956. The predicted octanol–water partition coefficient (Wildman–Crippen LogP) is 2.12. The first-order valence-corrected chi connectivity index (χ1v) is 9.52. The van der Waals surface area contributed by atoms with Crippen molar-refractivity contribution in [3.8, 4) is 5.75 Å². The van der Waals surface area contributed by atoms with Gasteiger partial charge in [0.2, 0.25) is 5.91 Å². The summed E-state index contributed by atoms with van der Waals surface area (Å²) in [5, 5.41) is 13.1. The van der Waals surface area contributed by atoms with Gasteiger partial charge in [0.15, 0.2) is 0 Å². The number of aliphatic hydroxyl groups is 1. The van der Waals surface area contributed by atoms with Gasteiger partial charge in [0.25, 0.3) is 0 Å². The summed E-state index contributed by atoms with van der Waals surface area (Å²) in [5.41, 5.74) is 1.17.